The molecule has 0 spiro atoms. The molecule has 0 radical (unpaired) electrons. The lowest BCUT2D eigenvalue weighted by molar-refractivity contribution is 0.282. The number of rotatable bonds is 0. The summed E-state index contributed by atoms with van der Waals surface area (Å²) in [6.45, 7) is 5.06. The summed E-state index contributed by atoms with van der Waals surface area (Å²) in [5.41, 5.74) is 0.577. The normalized spacial score (nSPS) is 24.8. The molecule has 0 amide bonds. The highest BCUT2D eigenvalue weighted by Gasteiger charge is 2.16. The zero-order valence-corrected chi connectivity index (χ0v) is 27.6. The zero-order chi connectivity index (χ0) is 26.5. The third-order valence-corrected chi connectivity index (χ3v) is 11.3. The molecule has 0 aliphatic carbocycles. The molecule has 0 N–H and O–H groups in total. The molecule has 0 nitrogen and oxygen atoms in total. The molecule has 0 aromatic carbocycles. The van der Waals surface area contributed by atoms with Gasteiger partial charge in [0, 0.05) is 11.5 Å². The Kier molecular flexibility index (Phi) is 27.3. The van der Waals surface area contributed by atoms with Crippen LogP contribution >= 0.6 is 21.6 Å². The van der Waals surface area contributed by atoms with Gasteiger partial charge in [0.15, 0.2) is 0 Å². The van der Waals surface area contributed by atoms with Crippen LogP contribution in [0, 0.1) is 5.41 Å². The maximum atomic E-state index is 2.53. The Labute approximate surface area is 244 Å². The fraction of sp³-hybridized carbons (Fsp3) is 1.00. The van der Waals surface area contributed by atoms with Crippen molar-refractivity contribution in [1.29, 1.82) is 0 Å². The molecule has 0 unspecified atom stereocenters. The van der Waals surface area contributed by atoms with Crippen molar-refractivity contribution >= 4 is 21.6 Å². The first-order valence-electron chi connectivity index (χ1n) is 17.5. The molecule has 1 aliphatic rings. The maximum absolute atomic E-state index is 2.53. The van der Waals surface area contributed by atoms with E-state index in [1.165, 1.54) is 204 Å². The number of hydrogen-bond acceptors (Lipinski definition) is 2. The molecule has 1 heterocycles. The van der Waals surface area contributed by atoms with Gasteiger partial charge in [-0.05, 0) is 31.1 Å². The van der Waals surface area contributed by atoms with Crippen LogP contribution in [-0.2, 0) is 0 Å². The molecule has 222 valence electrons. The first kappa shape index (κ1) is 35.7. The Hall–Kier alpha value is 0.700. The van der Waals surface area contributed by atoms with Crippen molar-refractivity contribution in [3.8, 4) is 0 Å². The van der Waals surface area contributed by atoms with E-state index in [9.17, 15) is 0 Å². The molecule has 0 atom stereocenters. The van der Waals surface area contributed by atoms with Crippen LogP contribution in [0.2, 0.25) is 0 Å². The minimum Gasteiger partial charge on any atom is -0.0942 e. The smallest absolute Gasteiger partial charge is 0.00369 e. The summed E-state index contributed by atoms with van der Waals surface area (Å²) in [7, 11) is 4.29. The van der Waals surface area contributed by atoms with Crippen LogP contribution in [0.25, 0.3) is 0 Å². The van der Waals surface area contributed by atoms with Gasteiger partial charge in [-0.1, -0.05) is 202 Å². The van der Waals surface area contributed by atoms with Gasteiger partial charge in [0.1, 0.15) is 0 Å². The van der Waals surface area contributed by atoms with E-state index in [1.54, 1.807) is 0 Å². The van der Waals surface area contributed by atoms with E-state index in [2.05, 4.69) is 35.4 Å². The van der Waals surface area contributed by atoms with Crippen LogP contribution in [0.5, 0.6) is 0 Å². The predicted molar refractivity (Wildman–Crippen MR) is 177 cm³/mol. The van der Waals surface area contributed by atoms with Crippen molar-refractivity contribution in [3.63, 3.8) is 0 Å². The van der Waals surface area contributed by atoms with E-state index in [0.29, 0.717) is 5.41 Å². The Morgan fingerprint density at radius 3 is 0.703 bits per heavy atom. The molecule has 0 aromatic heterocycles. The molecule has 0 aromatic rings. The summed E-state index contributed by atoms with van der Waals surface area (Å²) < 4.78 is 0. The highest BCUT2D eigenvalue weighted by Crippen LogP contribution is 2.31. The van der Waals surface area contributed by atoms with Gasteiger partial charge in [-0.3, -0.25) is 0 Å². The number of hydrogen-bond donors (Lipinski definition) is 0. The van der Waals surface area contributed by atoms with Crippen molar-refractivity contribution in [2.24, 2.45) is 5.41 Å². The van der Waals surface area contributed by atoms with Crippen LogP contribution in [0.1, 0.15) is 206 Å². The SMILES string of the molecule is CC1(C)CCCCCCCCCCCCCCCCSSCCCCCCCCCCCCCCCC1. The molecule has 1 fully saturated rings. The molecule has 1 aliphatic heterocycles. The molecule has 0 saturated carbocycles. The monoisotopic (exact) mass is 554 g/mol. The summed E-state index contributed by atoms with van der Waals surface area (Å²) in [6.07, 6.45) is 44.2. The lowest BCUT2D eigenvalue weighted by Crippen LogP contribution is -2.11. The molecule has 2 heteroatoms. The summed E-state index contributed by atoms with van der Waals surface area (Å²) in [5.74, 6) is 2.75. The third kappa shape index (κ3) is 28.0. The van der Waals surface area contributed by atoms with E-state index >= 15 is 0 Å². The summed E-state index contributed by atoms with van der Waals surface area (Å²) in [4.78, 5) is 0. The van der Waals surface area contributed by atoms with Crippen molar-refractivity contribution in [2.45, 2.75) is 206 Å². The predicted octanol–water partition coefficient (Wildman–Crippen LogP) is 14.1. The Morgan fingerprint density at radius 2 is 0.459 bits per heavy atom. The van der Waals surface area contributed by atoms with Crippen molar-refractivity contribution in [2.75, 3.05) is 11.5 Å². The Bertz CT molecular complexity index is 395. The molecule has 1 saturated heterocycles. The van der Waals surface area contributed by atoms with E-state index < -0.39 is 0 Å². The average molecular weight is 555 g/mol. The van der Waals surface area contributed by atoms with E-state index in [4.69, 9.17) is 0 Å². The molecule has 1 rings (SSSR count). The zero-order valence-electron chi connectivity index (χ0n) is 25.9. The first-order chi connectivity index (χ1) is 18.2. The standard InChI is InChI=1S/C35H70S2/c1-35(2)31-27-23-19-15-11-7-3-5-9-13-17-21-25-29-33-36-37-34-30-26-22-18-14-10-6-4-8-12-16-20-24-28-32-35/h3-34H2,1-2H3. The van der Waals surface area contributed by atoms with E-state index in [-0.39, 0.29) is 0 Å². The van der Waals surface area contributed by atoms with Gasteiger partial charge in [-0.25, -0.2) is 0 Å². The lowest BCUT2D eigenvalue weighted by Gasteiger charge is -2.24. The van der Waals surface area contributed by atoms with Gasteiger partial charge in [-0.15, -0.1) is 0 Å². The van der Waals surface area contributed by atoms with Crippen molar-refractivity contribution in [3.05, 3.63) is 0 Å². The summed E-state index contributed by atoms with van der Waals surface area (Å²) in [6, 6.07) is 0. The van der Waals surface area contributed by atoms with E-state index in [1.807, 2.05) is 0 Å². The first-order valence-corrected chi connectivity index (χ1v) is 19.9. The molecule has 0 bridgehead atoms. The van der Waals surface area contributed by atoms with Gasteiger partial charge in [0.2, 0.25) is 0 Å². The quantitative estimate of drug-likeness (QED) is 0.273. The molecule has 37 heavy (non-hydrogen) atoms. The minimum absolute atomic E-state index is 0.577. The minimum atomic E-state index is 0.577. The fourth-order valence-corrected chi connectivity index (χ4v) is 8.31. The average Bonchev–Trinajstić information content (AvgIpc) is 2.88. The van der Waals surface area contributed by atoms with Crippen LogP contribution < -0.4 is 0 Å². The van der Waals surface area contributed by atoms with Crippen molar-refractivity contribution in [1.82, 2.24) is 0 Å². The molecular formula is C35H70S2. The van der Waals surface area contributed by atoms with Gasteiger partial charge >= 0.3 is 0 Å². The van der Waals surface area contributed by atoms with Crippen LogP contribution in [-0.4, -0.2) is 11.5 Å². The third-order valence-electron chi connectivity index (χ3n) is 8.75. The fourth-order valence-electron chi connectivity index (χ4n) is 6.01. The largest absolute Gasteiger partial charge is 0.0942 e. The highest BCUT2D eigenvalue weighted by atomic mass is 33.1. The second-order valence-electron chi connectivity index (χ2n) is 13.2. The highest BCUT2D eigenvalue weighted by molar-refractivity contribution is 8.76. The van der Waals surface area contributed by atoms with Gasteiger partial charge in [-0.2, -0.15) is 0 Å². The van der Waals surface area contributed by atoms with Crippen LogP contribution in [0.4, 0.5) is 0 Å². The maximum Gasteiger partial charge on any atom is 0.00369 e. The Balaban J connectivity index is 2.11. The Morgan fingerprint density at radius 1 is 0.270 bits per heavy atom. The topological polar surface area (TPSA) is 0 Å². The summed E-state index contributed by atoms with van der Waals surface area (Å²) in [5, 5.41) is 0. The lowest BCUT2D eigenvalue weighted by atomic mass is 9.81. The van der Waals surface area contributed by atoms with E-state index in [0.717, 1.165) is 0 Å². The second-order valence-corrected chi connectivity index (χ2v) is 15.9. The summed E-state index contributed by atoms with van der Waals surface area (Å²) >= 11 is 0. The van der Waals surface area contributed by atoms with Gasteiger partial charge in [0.25, 0.3) is 0 Å². The van der Waals surface area contributed by atoms with Gasteiger partial charge < -0.3 is 0 Å². The van der Waals surface area contributed by atoms with Crippen LogP contribution in [0.15, 0.2) is 0 Å². The van der Waals surface area contributed by atoms with Crippen molar-refractivity contribution < 1.29 is 0 Å². The molecular weight excluding hydrogens is 485 g/mol. The van der Waals surface area contributed by atoms with Crippen LogP contribution in [0.3, 0.4) is 0 Å². The second kappa shape index (κ2) is 28.2. The van der Waals surface area contributed by atoms with Gasteiger partial charge in [0.05, 0.1) is 0 Å².